The van der Waals surface area contributed by atoms with Crippen LogP contribution in [0.25, 0.3) is 16.9 Å². The van der Waals surface area contributed by atoms with Gasteiger partial charge in [0.2, 0.25) is 6.41 Å². The Morgan fingerprint density at radius 3 is 2.71 bits per heavy atom. The van der Waals surface area contributed by atoms with Gasteiger partial charge in [-0.05, 0) is 44.4 Å². The van der Waals surface area contributed by atoms with Gasteiger partial charge in [-0.3, -0.25) is 9.59 Å². The van der Waals surface area contributed by atoms with E-state index in [4.69, 9.17) is 5.10 Å². The van der Waals surface area contributed by atoms with Crippen molar-refractivity contribution in [2.75, 3.05) is 24.5 Å². The Morgan fingerprint density at radius 2 is 2.03 bits per heavy atom. The van der Waals surface area contributed by atoms with Crippen molar-refractivity contribution in [3.63, 3.8) is 0 Å². The number of hydrogen-bond donors (Lipinski definition) is 2. The van der Waals surface area contributed by atoms with Crippen LogP contribution in [0.5, 0.6) is 0 Å². The van der Waals surface area contributed by atoms with Crippen molar-refractivity contribution < 1.29 is 14.0 Å². The molecule has 10 heteroatoms. The maximum absolute atomic E-state index is 14.6. The molecule has 2 amide bonds. The van der Waals surface area contributed by atoms with Gasteiger partial charge in [-0.1, -0.05) is 6.07 Å². The molecule has 5 rings (SSSR count). The fraction of sp³-hybridized carbons (Fsp3) is 0.320. The van der Waals surface area contributed by atoms with E-state index >= 15 is 0 Å². The average molecular weight is 476 g/mol. The molecule has 180 valence electrons. The number of halogens is 1. The molecule has 1 aromatic carbocycles. The lowest BCUT2D eigenvalue weighted by Crippen LogP contribution is -2.29. The van der Waals surface area contributed by atoms with Gasteiger partial charge in [0.1, 0.15) is 5.82 Å². The number of pyridine rings is 1. The van der Waals surface area contributed by atoms with Crippen LogP contribution in [-0.2, 0) is 11.3 Å². The van der Waals surface area contributed by atoms with Gasteiger partial charge in [0, 0.05) is 31.9 Å². The van der Waals surface area contributed by atoms with Gasteiger partial charge < -0.3 is 15.5 Å². The zero-order chi connectivity index (χ0) is 24.8. The number of aromatic nitrogens is 3. The minimum atomic E-state index is -0.529. The van der Waals surface area contributed by atoms with Crippen LogP contribution in [0.1, 0.15) is 47.8 Å². The molecule has 0 aliphatic carbocycles. The smallest absolute Gasteiger partial charge is 0.255 e. The number of amides is 2. The largest absolute Gasteiger partial charge is 0.359 e. The van der Waals surface area contributed by atoms with E-state index in [1.54, 1.807) is 16.8 Å². The topological polar surface area (TPSA) is 116 Å². The van der Waals surface area contributed by atoms with Crippen LogP contribution in [0.3, 0.4) is 0 Å². The number of carbonyl (C=O) groups is 2. The van der Waals surface area contributed by atoms with Crippen LogP contribution in [0.15, 0.2) is 36.5 Å². The van der Waals surface area contributed by atoms with Gasteiger partial charge in [0.15, 0.2) is 5.82 Å². The molecule has 4 heterocycles. The number of nitrogens with zero attached hydrogens (tertiary/aromatic N) is 5. The summed E-state index contributed by atoms with van der Waals surface area (Å²) < 4.78 is 16.3. The number of benzene rings is 1. The lowest BCUT2D eigenvalue weighted by Gasteiger charge is -2.26. The van der Waals surface area contributed by atoms with Gasteiger partial charge in [-0.2, -0.15) is 10.4 Å². The summed E-state index contributed by atoms with van der Waals surface area (Å²) in [4.78, 5) is 28.5. The number of hydrogen-bond acceptors (Lipinski definition) is 6. The first kappa shape index (κ1) is 23.9. The summed E-state index contributed by atoms with van der Waals surface area (Å²) in [7, 11) is 0. The number of carbonyl (C=O) groups excluding carboxylic acids is 2. The highest BCUT2D eigenvalue weighted by atomic mass is 19.1. The minimum Gasteiger partial charge on any atom is -0.359 e. The molecule has 0 atom stereocenters. The molecule has 0 bridgehead atoms. The van der Waals surface area contributed by atoms with Crippen molar-refractivity contribution in [3.05, 3.63) is 59.2 Å². The van der Waals surface area contributed by atoms with Crippen LogP contribution < -0.4 is 15.5 Å². The zero-order valence-electron chi connectivity index (χ0n) is 19.4. The minimum absolute atomic E-state index is 0.131. The summed E-state index contributed by atoms with van der Waals surface area (Å²) in [6.45, 7) is 4.76. The van der Waals surface area contributed by atoms with Crippen LogP contribution in [0.4, 0.5) is 10.2 Å². The number of nitriles is 1. The third kappa shape index (κ3) is 4.99. The van der Waals surface area contributed by atoms with Crippen LogP contribution in [0.2, 0.25) is 0 Å². The number of anilines is 1. The fourth-order valence-electron chi connectivity index (χ4n) is 4.22. The van der Waals surface area contributed by atoms with E-state index in [9.17, 15) is 19.2 Å². The molecule has 2 aliphatic rings. The molecule has 0 radical (unpaired) electrons. The summed E-state index contributed by atoms with van der Waals surface area (Å²) >= 11 is 0. The lowest BCUT2D eigenvalue weighted by atomic mass is 10.0. The Kier molecular flexibility index (Phi) is 7.35. The second-order valence-corrected chi connectivity index (χ2v) is 8.15. The molecule has 35 heavy (non-hydrogen) atoms. The second-order valence-electron chi connectivity index (χ2n) is 8.15. The molecule has 3 aromatic rings. The molecule has 0 saturated carbocycles. The standard InChI is InChI=1S/C22H19FN6O.C3H7NO/c23-15-6-4-5-14(12-24)20(15)16-11-18(21-17(26-16)13-25-22(21)30)29-10-7-19(27-29)28-8-2-1-3-9-28;1-2-4-3-5/h4-7,10-11H,1-3,8-9,13H2,(H,25,30);3H,2H2,1H3,(H,4,5). The quantitative estimate of drug-likeness (QED) is 0.548. The van der Waals surface area contributed by atoms with Gasteiger partial charge in [-0.25, -0.2) is 14.1 Å². The van der Waals surface area contributed by atoms with E-state index in [1.807, 2.05) is 25.3 Å². The SMILES string of the molecule is CCNC=O.N#Cc1cccc(F)c1-c1cc(-n2ccc(N3CCCCC3)n2)c2c(n1)CNC2=O. The van der Waals surface area contributed by atoms with Crippen molar-refractivity contribution in [2.24, 2.45) is 0 Å². The first-order chi connectivity index (χ1) is 17.1. The second kappa shape index (κ2) is 10.8. The Hall–Kier alpha value is -4.26. The number of nitrogens with one attached hydrogen (secondary N) is 2. The number of piperidine rings is 1. The third-order valence-electron chi connectivity index (χ3n) is 5.90. The third-order valence-corrected chi connectivity index (χ3v) is 5.90. The van der Waals surface area contributed by atoms with E-state index in [1.165, 1.54) is 18.6 Å². The van der Waals surface area contributed by atoms with Crippen molar-refractivity contribution in [3.8, 4) is 23.0 Å². The predicted molar refractivity (Wildman–Crippen MR) is 128 cm³/mol. The first-order valence-electron chi connectivity index (χ1n) is 11.6. The highest BCUT2D eigenvalue weighted by Gasteiger charge is 2.28. The van der Waals surface area contributed by atoms with E-state index in [-0.39, 0.29) is 23.6 Å². The molecule has 2 aromatic heterocycles. The van der Waals surface area contributed by atoms with E-state index < -0.39 is 5.82 Å². The molecular formula is C25H26FN7O2. The van der Waals surface area contributed by atoms with Crippen molar-refractivity contribution in [1.29, 1.82) is 5.26 Å². The zero-order valence-corrected chi connectivity index (χ0v) is 19.4. The van der Waals surface area contributed by atoms with E-state index in [0.29, 0.717) is 29.0 Å². The maximum Gasteiger partial charge on any atom is 0.255 e. The molecule has 2 aliphatic heterocycles. The van der Waals surface area contributed by atoms with Crippen molar-refractivity contribution in [1.82, 2.24) is 25.4 Å². The number of fused-ring (bicyclic) bond motifs is 1. The first-order valence-corrected chi connectivity index (χ1v) is 11.6. The van der Waals surface area contributed by atoms with Gasteiger partial charge >= 0.3 is 0 Å². The van der Waals surface area contributed by atoms with Crippen LogP contribution >= 0.6 is 0 Å². The Morgan fingerprint density at radius 1 is 1.23 bits per heavy atom. The normalized spacial score (nSPS) is 14.3. The van der Waals surface area contributed by atoms with Gasteiger partial charge in [0.05, 0.1) is 46.4 Å². The van der Waals surface area contributed by atoms with Crippen molar-refractivity contribution >= 4 is 18.1 Å². The fourth-order valence-corrected chi connectivity index (χ4v) is 4.22. The Balaban J connectivity index is 0.000000527. The summed E-state index contributed by atoms with van der Waals surface area (Å²) in [5.74, 6) is 0.0890. The van der Waals surface area contributed by atoms with E-state index in [2.05, 4.69) is 20.5 Å². The maximum atomic E-state index is 14.6. The molecule has 1 saturated heterocycles. The van der Waals surface area contributed by atoms with Crippen LogP contribution in [-0.4, -0.2) is 46.7 Å². The lowest BCUT2D eigenvalue weighted by molar-refractivity contribution is -0.109. The summed E-state index contributed by atoms with van der Waals surface area (Å²) in [5, 5.41) is 19.3. The molecule has 9 nitrogen and oxygen atoms in total. The average Bonchev–Trinajstić information content (AvgIpc) is 3.52. The van der Waals surface area contributed by atoms with Gasteiger partial charge in [0.25, 0.3) is 5.91 Å². The highest BCUT2D eigenvalue weighted by Crippen LogP contribution is 2.31. The molecule has 0 spiro atoms. The molecular weight excluding hydrogens is 449 g/mol. The highest BCUT2D eigenvalue weighted by molar-refractivity contribution is 6.01. The molecule has 1 fully saturated rings. The van der Waals surface area contributed by atoms with Crippen molar-refractivity contribution in [2.45, 2.75) is 32.7 Å². The predicted octanol–water partition coefficient (Wildman–Crippen LogP) is 2.93. The molecule has 0 unspecified atom stereocenters. The Labute approximate surface area is 202 Å². The summed E-state index contributed by atoms with van der Waals surface area (Å²) in [6.07, 6.45) is 5.98. The molecule has 2 N–H and O–H groups in total. The summed E-state index contributed by atoms with van der Waals surface area (Å²) in [6, 6.07) is 9.94. The van der Waals surface area contributed by atoms with Gasteiger partial charge in [-0.15, -0.1) is 0 Å². The van der Waals surface area contributed by atoms with E-state index in [0.717, 1.165) is 38.3 Å². The summed E-state index contributed by atoms with van der Waals surface area (Å²) in [5.41, 5.74) is 2.12. The monoisotopic (exact) mass is 475 g/mol. The van der Waals surface area contributed by atoms with Crippen LogP contribution in [0, 0.1) is 17.1 Å². The Bertz CT molecular complexity index is 1280. The number of rotatable bonds is 5.